The zero-order chi connectivity index (χ0) is 17.5. The van der Waals surface area contributed by atoms with Crippen LogP contribution in [-0.4, -0.2) is 45.4 Å². The van der Waals surface area contributed by atoms with E-state index < -0.39 is 0 Å². The summed E-state index contributed by atoms with van der Waals surface area (Å²) >= 11 is 0. The highest BCUT2D eigenvalue weighted by atomic mass is 16.2. The van der Waals surface area contributed by atoms with Gasteiger partial charge in [-0.1, -0.05) is 6.92 Å². The summed E-state index contributed by atoms with van der Waals surface area (Å²) in [6.45, 7) is 6.61. The van der Waals surface area contributed by atoms with E-state index in [1.807, 2.05) is 12.1 Å². The number of hydrogen-bond acceptors (Lipinski definition) is 5. The number of anilines is 1. The first-order valence-electron chi connectivity index (χ1n) is 8.26. The molecular formula is C18H25N5O. The minimum absolute atomic E-state index is 0.0956. The number of likely N-dealkylation sites (N-methyl/N-ethyl adjacent to an activating group) is 1. The molecule has 6 heteroatoms. The maximum absolute atomic E-state index is 12.6. The number of rotatable bonds is 7. The summed E-state index contributed by atoms with van der Waals surface area (Å²) in [5, 5.41) is 3.30. The van der Waals surface area contributed by atoms with Crippen LogP contribution < -0.4 is 5.32 Å². The first kappa shape index (κ1) is 17.8. The molecule has 1 unspecified atom stereocenters. The van der Waals surface area contributed by atoms with Gasteiger partial charge < -0.3 is 10.2 Å². The van der Waals surface area contributed by atoms with Crippen molar-refractivity contribution in [3.05, 3.63) is 47.7 Å². The van der Waals surface area contributed by atoms with Crippen LogP contribution in [-0.2, 0) is 6.42 Å². The Morgan fingerprint density at radius 2 is 2.00 bits per heavy atom. The van der Waals surface area contributed by atoms with Gasteiger partial charge in [0.1, 0.15) is 17.3 Å². The van der Waals surface area contributed by atoms with Crippen molar-refractivity contribution < 1.29 is 4.79 Å². The molecule has 0 saturated carbocycles. The van der Waals surface area contributed by atoms with Crippen LogP contribution in [0, 0.1) is 6.92 Å². The molecule has 0 aromatic carbocycles. The zero-order valence-corrected chi connectivity index (χ0v) is 14.8. The average Bonchev–Trinajstić information content (AvgIpc) is 2.59. The minimum Gasteiger partial charge on any atom is -0.368 e. The molecule has 2 heterocycles. The molecule has 6 nitrogen and oxygen atoms in total. The zero-order valence-electron chi connectivity index (χ0n) is 14.8. The molecule has 0 fully saturated rings. The van der Waals surface area contributed by atoms with Gasteiger partial charge in [0.15, 0.2) is 0 Å². The molecular weight excluding hydrogens is 302 g/mol. The summed E-state index contributed by atoms with van der Waals surface area (Å²) < 4.78 is 0. The Hall–Kier alpha value is -2.50. The molecule has 0 bridgehead atoms. The van der Waals surface area contributed by atoms with Crippen LogP contribution in [0.2, 0.25) is 0 Å². The maximum atomic E-state index is 12.6. The lowest BCUT2D eigenvalue weighted by Gasteiger charge is -2.18. The number of aryl methyl sites for hydroxylation is 1. The monoisotopic (exact) mass is 327 g/mol. The predicted octanol–water partition coefficient (Wildman–Crippen LogP) is 2.71. The Morgan fingerprint density at radius 1 is 1.29 bits per heavy atom. The van der Waals surface area contributed by atoms with Crippen molar-refractivity contribution in [1.29, 1.82) is 0 Å². The third-order valence-electron chi connectivity index (χ3n) is 3.90. The molecule has 0 radical (unpaired) electrons. The van der Waals surface area contributed by atoms with Gasteiger partial charge in [-0.3, -0.25) is 9.78 Å². The topological polar surface area (TPSA) is 71.0 Å². The van der Waals surface area contributed by atoms with E-state index >= 15 is 0 Å². The maximum Gasteiger partial charge on any atom is 0.272 e. The summed E-state index contributed by atoms with van der Waals surface area (Å²) in [5.74, 6) is 1.19. The van der Waals surface area contributed by atoms with E-state index in [4.69, 9.17) is 0 Å². The summed E-state index contributed by atoms with van der Waals surface area (Å²) in [7, 11) is 1.79. The quantitative estimate of drug-likeness (QED) is 0.846. The number of amides is 1. The Bertz CT molecular complexity index is 674. The second-order valence-electron chi connectivity index (χ2n) is 5.97. The fraction of sp³-hybridized carbons (Fsp3) is 0.444. The van der Waals surface area contributed by atoms with Crippen LogP contribution in [0.25, 0.3) is 0 Å². The number of carbonyl (C=O) groups excluding carboxylic acids is 1. The lowest BCUT2D eigenvalue weighted by atomic mass is 10.2. The average molecular weight is 327 g/mol. The lowest BCUT2D eigenvalue weighted by Crippen LogP contribution is -2.30. The Kier molecular flexibility index (Phi) is 6.23. The van der Waals surface area contributed by atoms with Gasteiger partial charge >= 0.3 is 0 Å². The fourth-order valence-corrected chi connectivity index (χ4v) is 2.25. The highest BCUT2D eigenvalue weighted by Crippen LogP contribution is 2.11. The standard InChI is InChI=1S/C18H25N5O/c1-5-13(2)20-17-12-16(21-14(3)22-17)18(24)23(4)11-8-15-6-9-19-10-7-15/h6-7,9-10,12-13H,5,8,11H2,1-4H3,(H,20,21,22). The molecule has 1 atom stereocenters. The van der Waals surface area contributed by atoms with Crippen LogP contribution in [0.1, 0.15) is 42.1 Å². The Labute approximate surface area is 143 Å². The number of nitrogens with one attached hydrogen (secondary N) is 1. The summed E-state index contributed by atoms with van der Waals surface area (Å²) in [5.41, 5.74) is 1.58. The van der Waals surface area contributed by atoms with E-state index in [0.717, 1.165) is 18.4 Å². The highest BCUT2D eigenvalue weighted by Gasteiger charge is 2.15. The first-order valence-corrected chi connectivity index (χ1v) is 8.26. The molecule has 0 aliphatic rings. The number of hydrogen-bond donors (Lipinski definition) is 1. The number of carbonyl (C=O) groups is 1. The van der Waals surface area contributed by atoms with Crippen LogP contribution in [0.15, 0.2) is 30.6 Å². The number of nitrogens with zero attached hydrogens (tertiary/aromatic N) is 4. The fourth-order valence-electron chi connectivity index (χ4n) is 2.25. The van der Waals surface area contributed by atoms with E-state index in [2.05, 4.69) is 34.1 Å². The summed E-state index contributed by atoms with van der Waals surface area (Å²) in [6, 6.07) is 5.94. The van der Waals surface area contributed by atoms with Crippen LogP contribution in [0.5, 0.6) is 0 Å². The predicted molar refractivity (Wildman–Crippen MR) is 95.0 cm³/mol. The van der Waals surface area contributed by atoms with Gasteiger partial charge in [-0.2, -0.15) is 0 Å². The van der Waals surface area contributed by atoms with Gasteiger partial charge in [-0.25, -0.2) is 9.97 Å². The second-order valence-corrected chi connectivity index (χ2v) is 5.97. The molecule has 24 heavy (non-hydrogen) atoms. The van der Waals surface area contributed by atoms with E-state index in [-0.39, 0.29) is 5.91 Å². The van der Waals surface area contributed by atoms with Crippen molar-refractivity contribution in [2.75, 3.05) is 18.9 Å². The van der Waals surface area contributed by atoms with Gasteiger partial charge in [-0.05, 0) is 44.4 Å². The minimum atomic E-state index is -0.0956. The van der Waals surface area contributed by atoms with Gasteiger partial charge in [0.05, 0.1) is 0 Å². The van der Waals surface area contributed by atoms with E-state index in [0.29, 0.717) is 29.9 Å². The Morgan fingerprint density at radius 3 is 2.67 bits per heavy atom. The Balaban J connectivity index is 2.05. The molecule has 2 rings (SSSR count). The van der Waals surface area contributed by atoms with Crippen molar-refractivity contribution in [3.63, 3.8) is 0 Å². The third-order valence-corrected chi connectivity index (χ3v) is 3.90. The molecule has 0 aliphatic carbocycles. The molecule has 1 amide bonds. The van der Waals surface area contributed by atoms with E-state index in [9.17, 15) is 4.79 Å². The van der Waals surface area contributed by atoms with Gasteiger partial charge in [0, 0.05) is 38.1 Å². The van der Waals surface area contributed by atoms with Crippen LogP contribution in [0.3, 0.4) is 0 Å². The van der Waals surface area contributed by atoms with Gasteiger partial charge in [0.2, 0.25) is 0 Å². The van der Waals surface area contributed by atoms with E-state index in [1.165, 1.54) is 0 Å². The van der Waals surface area contributed by atoms with Crippen molar-refractivity contribution in [1.82, 2.24) is 19.9 Å². The molecule has 128 valence electrons. The van der Waals surface area contributed by atoms with Crippen LogP contribution in [0.4, 0.5) is 5.82 Å². The molecule has 0 spiro atoms. The smallest absolute Gasteiger partial charge is 0.272 e. The molecule has 0 aliphatic heterocycles. The molecule has 0 saturated heterocycles. The van der Waals surface area contributed by atoms with Crippen LogP contribution >= 0.6 is 0 Å². The largest absolute Gasteiger partial charge is 0.368 e. The normalized spacial score (nSPS) is 11.8. The van der Waals surface area contributed by atoms with Crippen molar-refractivity contribution in [3.8, 4) is 0 Å². The third kappa shape index (κ3) is 5.01. The second kappa shape index (κ2) is 8.38. The van der Waals surface area contributed by atoms with E-state index in [1.54, 1.807) is 37.3 Å². The molecule has 2 aromatic rings. The SMILES string of the molecule is CCC(C)Nc1cc(C(=O)N(C)CCc2ccncc2)nc(C)n1. The van der Waals surface area contributed by atoms with Gasteiger partial charge in [0.25, 0.3) is 5.91 Å². The summed E-state index contributed by atoms with van der Waals surface area (Å²) in [6.07, 6.45) is 5.29. The lowest BCUT2D eigenvalue weighted by molar-refractivity contribution is 0.0790. The van der Waals surface area contributed by atoms with Crippen molar-refractivity contribution in [2.24, 2.45) is 0 Å². The van der Waals surface area contributed by atoms with Crippen molar-refractivity contribution >= 4 is 11.7 Å². The number of pyridine rings is 1. The first-order chi connectivity index (χ1) is 11.5. The highest BCUT2D eigenvalue weighted by molar-refractivity contribution is 5.92. The summed E-state index contributed by atoms with van der Waals surface area (Å²) in [4.78, 5) is 27.0. The molecule has 1 N–H and O–H groups in total. The number of aromatic nitrogens is 3. The molecule has 2 aromatic heterocycles. The van der Waals surface area contributed by atoms with Gasteiger partial charge in [-0.15, -0.1) is 0 Å². The van der Waals surface area contributed by atoms with Crippen molar-refractivity contribution in [2.45, 2.75) is 39.7 Å².